The Kier molecular flexibility index (Phi) is 3.47. The van der Waals surface area contributed by atoms with E-state index >= 15 is 0 Å². The maximum atomic E-state index is 10.7. The van der Waals surface area contributed by atoms with Crippen LogP contribution in [0.4, 0.5) is 5.69 Å². The van der Waals surface area contributed by atoms with Crippen LogP contribution in [-0.2, 0) is 0 Å². The highest BCUT2D eigenvalue weighted by atomic mass is 35.5. The molecule has 1 rings (SSSR count). The summed E-state index contributed by atoms with van der Waals surface area (Å²) in [6.45, 7) is 0. The van der Waals surface area contributed by atoms with Crippen molar-refractivity contribution in [2.45, 2.75) is 0 Å². The molecule has 0 saturated heterocycles. The van der Waals surface area contributed by atoms with Gasteiger partial charge in [-0.25, -0.2) is 0 Å². The first-order valence-electron chi connectivity index (χ1n) is 2.77. The molecule has 0 amide bonds. The van der Waals surface area contributed by atoms with Crippen LogP contribution in [0.15, 0.2) is 16.9 Å². The number of halogens is 1. The van der Waals surface area contributed by atoms with Gasteiger partial charge in [0.15, 0.2) is 5.88 Å². The summed E-state index contributed by atoms with van der Waals surface area (Å²) in [5.74, 6) is 0.416. The van der Waals surface area contributed by atoms with Gasteiger partial charge < -0.3 is 10.5 Å². The van der Waals surface area contributed by atoms with E-state index in [-0.39, 0.29) is 23.7 Å². The van der Waals surface area contributed by atoms with Crippen LogP contribution in [0.2, 0.25) is 0 Å². The summed E-state index contributed by atoms with van der Waals surface area (Å²) in [7, 11) is 1.47. The fraction of sp³-hybridized carbons (Fsp3) is 0.167. The highest BCUT2D eigenvalue weighted by Gasteiger charge is 1.93. The highest BCUT2D eigenvalue weighted by Crippen LogP contribution is 2.01. The number of nitrogens with one attached hydrogen (secondary N) is 1. The van der Waals surface area contributed by atoms with E-state index in [1.54, 1.807) is 6.07 Å². The van der Waals surface area contributed by atoms with Crippen LogP contribution in [-0.4, -0.2) is 12.1 Å². The summed E-state index contributed by atoms with van der Waals surface area (Å²) in [6, 6.07) is 3.09. The number of H-pyrrole nitrogens is 1. The number of pyridine rings is 1. The summed E-state index contributed by atoms with van der Waals surface area (Å²) < 4.78 is 4.74. The second kappa shape index (κ2) is 3.88. The van der Waals surface area contributed by atoms with Gasteiger partial charge in [-0.3, -0.25) is 9.78 Å². The van der Waals surface area contributed by atoms with Crippen molar-refractivity contribution in [1.29, 1.82) is 0 Å². The Balaban J connectivity index is 0.000001000. The van der Waals surface area contributed by atoms with Crippen molar-refractivity contribution in [3.8, 4) is 5.88 Å². The number of ether oxygens (including phenoxy) is 1. The third kappa shape index (κ3) is 2.16. The number of aromatic nitrogens is 1. The summed E-state index contributed by atoms with van der Waals surface area (Å²) >= 11 is 0. The summed E-state index contributed by atoms with van der Waals surface area (Å²) in [5, 5.41) is 0. The quantitative estimate of drug-likeness (QED) is 0.651. The summed E-state index contributed by atoms with van der Waals surface area (Å²) in [5.41, 5.74) is 5.12. The van der Waals surface area contributed by atoms with E-state index in [1.807, 2.05) is 0 Å². The van der Waals surface area contributed by atoms with Gasteiger partial charge in [0.1, 0.15) is 0 Å². The van der Waals surface area contributed by atoms with E-state index in [1.165, 1.54) is 13.2 Å². The monoisotopic (exact) mass is 176 g/mol. The average molecular weight is 177 g/mol. The lowest BCUT2D eigenvalue weighted by atomic mass is 10.4. The molecule has 0 bridgehead atoms. The summed E-state index contributed by atoms with van der Waals surface area (Å²) in [6.07, 6.45) is 0. The van der Waals surface area contributed by atoms with Gasteiger partial charge >= 0.3 is 0 Å². The molecule has 0 atom stereocenters. The molecule has 11 heavy (non-hydrogen) atoms. The molecule has 4 nitrogen and oxygen atoms in total. The molecule has 0 aliphatic carbocycles. The summed E-state index contributed by atoms with van der Waals surface area (Å²) in [4.78, 5) is 13.2. The molecule has 3 N–H and O–H groups in total. The number of hydrogen-bond acceptors (Lipinski definition) is 3. The number of anilines is 1. The first-order valence-corrected chi connectivity index (χ1v) is 2.77. The minimum atomic E-state index is -0.320. The van der Waals surface area contributed by atoms with E-state index in [0.29, 0.717) is 5.88 Å². The maximum absolute atomic E-state index is 10.7. The van der Waals surface area contributed by atoms with Crippen molar-refractivity contribution in [3.63, 3.8) is 0 Å². The highest BCUT2D eigenvalue weighted by molar-refractivity contribution is 5.85. The minimum Gasteiger partial charge on any atom is -0.482 e. The Labute approximate surface area is 69.8 Å². The van der Waals surface area contributed by atoms with Crippen LogP contribution in [0.3, 0.4) is 0 Å². The standard InChI is InChI=1S/C6H8N2O2.ClH/c1-10-5-3-2-4(7)6(9)8-5;/h2-3H,7H2,1H3,(H,8,9);1H. The van der Waals surface area contributed by atoms with Crippen molar-refractivity contribution in [2.75, 3.05) is 12.8 Å². The topological polar surface area (TPSA) is 68.1 Å². The zero-order valence-corrected chi connectivity index (χ0v) is 6.77. The first-order chi connectivity index (χ1) is 4.74. The fourth-order valence-corrected chi connectivity index (χ4v) is 0.586. The molecule has 0 aliphatic heterocycles. The van der Waals surface area contributed by atoms with Gasteiger partial charge in [-0.05, 0) is 6.07 Å². The SMILES string of the molecule is COc1ccc(N)c(=O)[nH]1.Cl. The predicted octanol–water partition coefficient (Wildman–Crippen LogP) is 0.388. The Morgan fingerprint density at radius 1 is 1.55 bits per heavy atom. The van der Waals surface area contributed by atoms with Crippen molar-refractivity contribution >= 4 is 18.1 Å². The first kappa shape index (κ1) is 9.84. The molecule has 0 aliphatic rings. The number of aromatic amines is 1. The van der Waals surface area contributed by atoms with E-state index in [9.17, 15) is 4.79 Å². The van der Waals surface area contributed by atoms with Crippen molar-refractivity contribution in [3.05, 3.63) is 22.5 Å². The molecule has 0 aromatic carbocycles. The number of hydrogen-bond donors (Lipinski definition) is 2. The maximum Gasteiger partial charge on any atom is 0.273 e. The molecule has 0 spiro atoms. The van der Waals surface area contributed by atoms with Gasteiger partial charge in [0.25, 0.3) is 5.56 Å². The third-order valence-corrected chi connectivity index (χ3v) is 1.13. The average Bonchev–Trinajstić information content (AvgIpc) is 1.95. The lowest BCUT2D eigenvalue weighted by Gasteiger charge is -1.97. The van der Waals surface area contributed by atoms with E-state index in [4.69, 9.17) is 10.5 Å². The van der Waals surface area contributed by atoms with Gasteiger partial charge in [0, 0.05) is 6.07 Å². The molecule has 0 fully saturated rings. The zero-order chi connectivity index (χ0) is 7.56. The molecule has 5 heteroatoms. The fourth-order valence-electron chi connectivity index (χ4n) is 0.586. The minimum absolute atomic E-state index is 0. The number of rotatable bonds is 1. The molecule has 62 valence electrons. The smallest absolute Gasteiger partial charge is 0.273 e. The van der Waals surface area contributed by atoms with Crippen LogP contribution < -0.4 is 16.0 Å². The second-order valence-corrected chi connectivity index (χ2v) is 1.81. The van der Waals surface area contributed by atoms with E-state index < -0.39 is 0 Å². The Morgan fingerprint density at radius 3 is 2.64 bits per heavy atom. The van der Waals surface area contributed by atoms with Gasteiger partial charge in [0.05, 0.1) is 12.8 Å². The van der Waals surface area contributed by atoms with Crippen molar-refractivity contribution in [1.82, 2.24) is 4.98 Å². The molecule has 1 heterocycles. The van der Waals surface area contributed by atoms with Gasteiger partial charge in [-0.2, -0.15) is 0 Å². The second-order valence-electron chi connectivity index (χ2n) is 1.81. The number of nitrogens with two attached hydrogens (primary N) is 1. The lowest BCUT2D eigenvalue weighted by Crippen LogP contribution is -2.11. The normalized spacial score (nSPS) is 8.45. The van der Waals surface area contributed by atoms with Gasteiger partial charge in [0.2, 0.25) is 0 Å². The number of methoxy groups -OCH3 is 1. The molecule has 0 unspecified atom stereocenters. The van der Waals surface area contributed by atoms with E-state index in [2.05, 4.69) is 4.98 Å². The molecule has 1 aromatic heterocycles. The van der Waals surface area contributed by atoms with Crippen LogP contribution in [0, 0.1) is 0 Å². The molecule has 0 radical (unpaired) electrons. The van der Waals surface area contributed by atoms with Crippen LogP contribution >= 0.6 is 12.4 Å². The largest absolute Gasteiger partial charge is 0.482 e. The molecule has 1 aromatic rings. The third-order valence-electron chi connectivity index (χ3n) is 1.13. The van der Waals surface area contributed by atoms with Gasteiger partial charge in [-0.15, -0.1) is 12.4 Å². The van der Waals surface area contributed by atoms with Crippen LogP contribution in [0.5, 0.6) is 5.88 Å². The Hall–Kier alpha value is -1.16. The molecular weight excluding hydrogens is 168 g/mol. The molecular formula is C6H9ClN2O2. The Bertz CT molecular complexity index is 284. The molecule has 0 saturated carbocycles. The van der Waals surface area contributed by atoms with Crippen LogP contribution in [0.25, 0.3) is 0 Å². The predicted molar refractivity (Wildman–Crippen MR) is 45.3 cm³/mol. The van der Waals surface area contributed by atoms with Crippen LogP contribution in [0.1, 0.15) is 0 Å². The van der Waals surface area contributed by atoms with Crippen molar-refractivity contribution < 1.29 is 4.74 Å². The number of nitrogen functional groups attached to an aromatic ring is 1. The zero-order valence-electron chi connectivity index (χ0n) is 5.96. The van der Waals surface area contributed by atoms with Gasteiger partial charge in [-0.1, -0.05) is 0 Å². The Morgan fingerprint density at radius 2 is 2.18 bits per heavy atom. The lowest BCUT2D eigenvalue weighted by molar-refractivity contribution is 0.397. The van der Waals surface area contributed by atoms with E-state index in [0.717, 1.165) is 0 Å². The van der Waals surface area contributed by atoms with Crippen molar-refractivity contribution in [2.24, 2.45) is 0 Å².